The second-order valence-electron chi connectivity index (χ2n) is 5.22. The highest BCUT2D eigenvalue weighted by molar-refractivity contribution is 6.31. The summed E-state index contributed by atoms with van der Waals surface area (Å²) in [6.07, 6.45) is 8.99. The first-order valence-corrected chi connectivity index (χ1v) is 7.71. The van der Waals surface area contributed by atoms with E-state index in [0.717, 1.165) is 12.8 Å². The molecule has 0 saturated heterocycles. The molecule has 0 radical (unpaired) electrons. The molecule has 0 fully saturated rings. The van der Waals surface area contributed by atoms with Gasteiger partial charge in [0.15, 0.2) is 0 Å². The van der Waals surface area contributed by atoms with Gasteiger partial charge in [0.2, 0.25) is 0 Å². The summed E-state index contributed by atoms with van der Waals surface area (Å²) < 4.78 is 13.6. The molecule has 0 heterocycles. The molecule has 0 amide bonds. The maximum Gasteiger partial charge on any atom is 0.127 e. The molecule has 0 aliphatic heterocycles. The zero-order valence-corrected chi connectivity index (χ0v) is 12.6. The van der Waals surface area contributed by atoms with Gasteiger partial charge in [-0.3, -0.25) is 0 Å². The van der Waals surface area contributed by atoms with Crippen LogP contribution in [-0.2, 0) is 6.42 Å². The predicted molar refractivity (Wildman–Crippen MR) is 81.1 cm³/mol. The van der Waals surface area contributed by atoms with Crippen LogP contribution in [0, 0.1) is 5.82 Å². The van der Waals surface area contributed by atoms with E-state index < -0.39 is 0 Å². The summed E-state index contributed by atoms with van der Waals surface area (Å²) in [4.78, 5) is 0. The second-order valence-corrected chi connectivity index (χ2v) is 5.63. The number of nitrogens with two attached hydrogens (primary N) is 1. The molecular weight excluding hydrogens is 261 g/mol. The van der Waals surface area contributed by atoms with Crippen molar-refractivity contribution in [2.24, 2.45) is 5.73 Å². The molecule has 3 heteroatoms. The normalized spacial score (nSPS) is 12.6. The lowest BCUT2D eigenvalue weighted by Gasteiger charge is -2.13. The van der Waals surface area contributed by atoms with Gasteiger partial charge >= 0.3 is 0 Å². The molecular formula is C16H25ClFN. The van der Waals surface area contributed by atoms with E-state index in [1.165, 1.54) is 38.2 Å². The van der Waals surface area contributed by atoms with Crippen LogP contribution in [-0.4, -0.2) is 6.04 Å². The van der Waals surface area contributed by atoms with Crippen molar-refractivity contribution < 1.29 is 4.39 Å². The second kappa shape index (κ2) is 9.33. The largest absolute Gasteiger partial charge is 0.327 e. The van der Waals surface area contributed by atoms with E-state index in [0.29, 0.717) is 17.0 Å². The van der Waals surface area contributed by atoms with Gasteiger partial charge in [-0.05, 0) is 25.0 Å². The molecule has 1 unspecified atom stereocenters. The third-order valence-electron chi connectivity index (χ3n) is 3.46. The van der Waals surface area contributed by atoms with Crippen molar-refractivity contribution in [2.75, 3.05) is 0 Å². The number of benzene rings is 1. The summed E-state index contributed by atoms with van der Waals surface area (Å²) >= 11 is 6.00. The lowest BCUT2D eigenvalue weighted by atomic mass is 10.00. The van der Waals surface area contributed by atoms with Crippen molar-refractivity contribution in [1.29, 1.82) is 0 Å². The van der Waals surface area contributed by atoms with Crippen molar-refractivity contribution in [1.82, 2.24) is 0 Å². The van der Waals surface area contributed by atoms with E-state index >= 15 is 0 Å². The minimum atomic E-state index is -0.245. The molecule has 0 aliphatic rings. The molecule has 0 aliphatic carbocycles. The fourth-order valence-electron chi connectivity index (χ4n) is 2.28. The number of rotatable bonds is 9. The van der Waals surface area contributed by atoms with Crippen molar-refractivity contribution in [2.45, 2.75) is 64.3 Å². The minimum absolute atomic E-state index is 0.000533. The number of hydrogen-bond acceptors (Lipinski definition) is 1. The maximum absolute atomic E-state index is 13.6. The van der Waals surface area contributed by atoms with Crippen LogP contribution in [0.2, 0.25) is 5.02 Å². The van der Waals surface area contributed by atoms with Crippen molar-refractivity contribution in [3.8, 4) is 0 Å². The Labute approximate surface area is 121 Å². The summed E-state index contributed by atoms with van der Waals surface area (Å²) in [6.45, 7) is 2.22. The topological polar surface area (TPSA) is 26.0 Å². The van der Waals surface area contributed by atoms with Crippen LogP contribution in [0.25, 0.3) is 0 Å². The summed E-state index contributed by atoms with van der Waals surface area (Å²) in [5.41, 5.74) is 6.62. The molecule has 1 nitrogen and oxygen atoms in total. The third kappa shape index (κ3) is 6.40. The van der Waals surface area contributed by atoms with Gasteiger partial charge in [0, 0.05) is 16.6 Å². The lowest BCUT2D eigenvalue weighted by Crippen LogP contribution is -2.23. The minimum Gasteiger partial charge on any atom is -0.327 e. The van der Waals surface area contributed by atoms with Gasteiger partial charge in [-0.25, -0.2) is 4.39 Å². The van der Waals surface area contributed by atoms with E-state index in [4.69, 9.17) is 17.3 Å². The smallest absolute Gasteiger partial charge is 0.127 e. The number of hydrogen-bond donors (Lipinski definition) is 1. The highest BCUT2D eigenvalue weighted by Crippen LogP contribution is 2.21. The Bertz CT molecular complexity index is 348. The third-order valence-corrected chi connectivity index (χ3v) is 3.81. The predicted octanol–water partition coefficient (Wildman–Crippen LogP) is 5.10. The number of halogens is 2. The highest BCUT2D eigenvalue weighted by Gasteiger charge is 2.11. The van der Waals surface area contributed by atoms with Crippen LogP contribution in [0.5, 0.6) is 0 Å². The van der Waals surface area contributed by atoms with E-state index in [9.17, 15) is 4.39 Å². The van der Waals surface area contributed by atoms with Gasteiger partial charge in [0.25, 0.3) is 0 Å². The SMILES string of the molecule is CCCCCCCCC(N)Cc1c(F)cccc1Cl. The summed E-state index contributed by atoms with van der Waals surface area (Å²) in [7, 11) is 0. The average molecular weight is 286 g/mol. The molecule has 1 atom stereocenters. The van der Waals surface area contributed by atoms with Crippen LogP contribution in [0.1, 0.15) is 57.4 Å². The average Bonchev–Trinajstić information content (AvgIpc) is 2.38. The molecule has 0 bridgehead atoms. The summed E-state index contributed by atoms with van der Waals surface area (Å²) in [5.74, 6) is -0.245. The molecule has 0 aromatic heterocycles. The molecule has 0 saturated carbocycles. The zero-order valence-electron chi connectivity index (χ0n) is 11.8. The Morgan fingerprint density at radius 2 is 1.84 bits per heavy atom. The molecule has 108 valence electrons. The zero-order chi connectivity index (χ0) is 14.1. The summed E-state index contributed by atoms with van der Waals surface area (Å²) in [5, 5.41) is 0.485. The quantitative estimate of drug-likeness (QED) is 0.628. The molecule has 1 aromatic carbocycles. The van der Waals surface area contributed by atoms with Crippen LogP contribution >= 0.6 is 11.6 Å². The van der Waals surface area contributed by atoms with Crippen LogP contribution < -0.4 is 5.73 Å². The van der Waals surface area contributed by atoms with Crippen LogP contribution in [0.15, 0.2) is 18.2 Å². The van der Waals surface area contributed by atoms with E-state index in [-0.39, 0.29) is 11.9 Å². The van der Waals surface area contributed by atoms with Crippen molar-refractivity contribution in [3.05, 3.63) is 34.6 Å². The van der Waals surface area contributed by atoms with Gasteiger partial charge in [-0.2, -0.15) is 0 Å². The molecule has 2 N–H and O–H groups in total. The van der Waals surface area contributed by atoms with Gasteiger partial charge in [-0.15, -0.1) is 0 Å². The van der Waals surface area contributed by atoms with E-state index in [2.05, 4.69) is 6.92 Å². The first-order chi connectivity index (χ1) is 9.15. The molecule has 0 spiro atoms. The fourth-order valence-corrected chi connectivity index (χ4v) is 2.52. The Kier molecular flexibility index (Phi) is 8.08. The van der Waals surface area contributed by atoms with Crippen molar-refractivity contribution >= 4 is 11.6 Å². The van der Waals surface area contributed by atoms with Gasteiger partial charge in [0.05, 0.1) is 0 Å². The Morgan fingerprint density at radius 1 is 1.16 bits per heavy atom. The van der Waals surface area contributed by atoms with Gasteiger partial charge in [0.1, 0.15) is 5.82 Å². The fraction of sp³-hybridized carbons (Fsp3) is 0.625. The van der Waals surface area contributed by atoms with Gasteiger partial charge < -0.3 is 5.73 Å². The van der Waals surface area contributed by atoms with E-state index in [1.807, 2.05) is 0 Å². The lowest BCUT2D eigenvalue weighted by molar-refractivity contribution is 0.521. The van der Waals surface area contributed by atoms with Crippen LogP contribution in [0.4, 0.5) is 4.39 Å². The number of unbranched alkanes of at least 4 members (excludes halogenated alkanes) is 5. The molecule has 1 aromatic rings. The molecule has 19 heavy (non-hydrogen) atoms. The van der Waals surface area contributed by atoms with Gasteiger partial charge in [-0.1, -0.05) is 63.1 Å². The van der Waals surface area contributed by atoms with Crippen molar-refractivity contribution in [3.63, 3.8) is 0 Å². The first-order valence-electron chi connectivity index (χ1n) is 7.33. The standard InChI is InChI=1S/C16H25ClFN/c1-2-3-4-5-6-7-9-13(19)12-14-15(17)10-8-11-16(14)18/h8,10-11,13H,2-7,9,12,19H2,1H3. The summed E-state index contributed by atoms with van der Waals surface area (Å²) in [6, 6.07) is 4.79. The monoisotopic (exact) mass is 285 g/mol. The Morgan fingerprint density at radius 3 is 2.53 bits per heavy atom. The Hall–Kier alpha value is -0.600. The Balaban J connectivity index is 2.25. The first kappa shape index (κ1) is 16.5. The highest BCUT2D eigenvalue weighted by atomic mass is 35.5. The maximum atomic E-state index is 13.6. The van der Waals surface area contributed by atoms with Crippen LogP contribution in [0.3, 0.4) is 0 Å². The van der Waals surface area contributed by atoms with E-state index in [1.54, 1.807) is 12.1 Å². The molecule has 1 rings (SSSR count).